The van der Waals surface area contributed by atoms with E-state index in [0.717, 1.165) is 60.3 Å². The molecule has 218 valence electrons. The van der Waals surface area contributed by atoms with Crippen LogP contribution in [0.3, 0.4) is 0 Å². The van der Waals surface area contributed by atoms with Crippen LogP contribution in [-0.4, -0.2) is 77.2 Å². The summed E-state index contributed by atoms with van der Waals surface area (Å²) in [6.07, 6.45) is 5.24. The molecule has 5 heterocycles. The molecule has 4 aromatic heterocycles. The summed E-state index contributed by atoms with van der Waals surface area (Å²) in [5.41, 5.74) is 10.6. The maximum absolute atomic E-state index is 13.6. The van der Waals surface area contributed by atoms with E-state index < -0.39 is 10.0 Å². The molecule has 1 aliphatic carbocycles. The third-order valence-electron chi connectivity index (χ3n) is 8.61. The number of rotatable bonds is 7. The van der Waals surface area contributed by atoms with Gasteiger partial charge < -0.3 is 19.9 Å². The maximum atomic E-state index is 13.6. The zero-order valence-electron chi connectivity index (χ0n) is 24.2. The summed E-state index contributed by atoms with van der Waals surface area (Å²) >= 11 is 0. The summed E-state index contributed by atoms with van der Waals surface area (Å²) in [5.74, 6) is 1.35. The summed E-state index contributed by atoms with van der Waals surface area (Å²) in [7, 11) is -0.356. The number of aromatic nitrogens is 4. The molecule has 0 aromatic carbocycles. The van der Waals surface area contributed by atoms with Crippen molar-refractivity contribution in [2.75, 3.05) is 31.3 Å². The second kappa shape index (κ2) is 10.0. The van der Waals surface area contributed by atoms with Crippen LogP contribution in [0.5, 0.6) is 5.88 Å². The molecule has 0 spiro atoms. The van der Waals surface area contributed by atoms with Crippen molar-refractivity contribution in [3.05, 3.63) is 41.6 Å². The van der Waals surface area contributed by atoms with E-state index in [1.807, 2.05) is 35.3 Å². The number of methoxy groups -OCH3 is 1. The van der Waals surface area contributed by atoms with Gasteiger partial charge in [0.15, 0.2) is 5.88 Å². The fourth-order valence-corrected chi connectivity index (χ4v) is 6.26. The number of imidazole rings is 1. The van der Waals surface area contributed by atoms with Gasteiger partial charge in [0.2, 0.25) is 10.0 Å². The molecule has 1 saturated heterocycles. The van der Waals surface area contributed by atoms with E-state index in [1.54, 1.807) is 19.2 Å². The third-order valence-corrected chi connectivity index (χ3v) is 9.79. The molecule has 11 nitrogen and oxygen atoms in total. The average Bonchev–Trinajstić information content (AvgIpc) is 3.61. The lowest BCUT2D eigenvalue weighted by molar-refractivity contribution is 0.0604. The summed E-state index contributed by atoms with van der Waals surface area (Å²) in [5, 5.41) is 0.904. The first-order valence-corrected chi connectivity index (χ1v) is 15.9. The number of piperidine rings is 1. The zero-order valence-corrected chi connectivity index (χ0v) is 25.0. The molecular weight excluding hydrogens is 542 g/mol. The van der Waals surface area contributed by atoms with Gasteiger partial charge in [-0.05, 0) is 69.7 Å². The Labute approximate surface area is 240 Å². The lowest BCUT2D eigenvalue weighted by Crippen LogP contribution is -2.52. The van der Waals surface area contributed by atoms with Crippen molar-refractivity contribution in [2.45, 2.75) is 58.2 Å². The van der Waals surface area contributed by atoms with Gasteiger partial charge in [-0.1, -0.05) is 0 Å². The Morgan fingerprint density at radius 2 is 1.93 bits per heavy atom. The summed E-state index contributed by atoms with van der Waals surface area (Å²) in [6.45, 7) is 5.42. The highest BCUT2D eigenvalue weighted by Crippen LogP contribution is 2.37. The Balaban J connectivity index is 1.48. The maximum Gasteiger partial charge on any atom is 0.254 e. The highest BCUT2D eigenvalue weighted by atomic mass is 32.2. The van der Waals surface area contributed by atoms with Crippen molar-refractivity contribution in [2.24, 2.45) is 11.7 Å². The first-order valence-electron chi connectivity index (χ1n) is 14.1. The van der Waals surface area contributed by atoms with Gasteiger partial charge in [0.1, 0.15) is 22.8 Å². The molecule has 2 N–H and O–H groups in total. The van der Waals surface area contributed by atoms with Crippen LogP contribution >= 0.6 is 0 Å². The molecule has 41 heavy (non-hydrogen) atoms. The quantitative estimate of drug-likeness (QED) is 0.355. The molecule has 0 radical (unpaired) electrons. The predicted molar refractivity (Wildman–Crippen MR) is 159 cm³/mol. The second-order valence-corrected chi connectivity index (χ2v) is 13.5. The minimum absolute atomic E-state index is 0.0432. The fourth-order valence-electron chi connectivity index (χ4n) is 5.82. The Morgan fingerprint density at radius 1 is 1.17 bits per heavy atom. The molecule has 1 aliphatic heterocycles. The van der Waals surface area contributed by atoms with Crippen molar-refractivity contribution >= 4 is 38.4 Å². The molecule has 1 saturated carbocycles. The van der Waals surface area contributed by atoms with Gasteiger partial charge in [0.05, 0.1) is 24.8 Å². The molecule has 12 heteroatoms. The number of nitrogens with zero attached hydrogens (tertiary/aromatic N) is 6. The van der Waals surface area contributed by atoms with Crippen LogP contribution in [0.4, 0.5) is 5.82 Å². The van der Waals surface area contributed by atoms with Crippen molar-refractivity contribution in [3.63, 3.8) is 0 Å². The number of fused-ring (bicyclic) bond motifs is 2. The molecule has 0 unspecified atom stereocenters. The fraction of sp³-hybridized carbons (Fsp3) is 0.483. The number of pyridine rings is 2. The van der Waals surface area contributed by atoms with E-state index in [9.17, 15) is 13.2 Å². The summed E-state index contributed by atoms with van der Waals surface area (Å²) in [6, 6.07) is 9.18. The summed E-state index contributed by atoms with van der Waals surface area (Å²) in [4.78, 5) is 25.3. The number of hydrogen-bond acceptors (Lipinski definition) is 7. The number of sulfonamides is 1. The van der Waals surface area contributed by atoms with Crippen LogP contribution in [0.25, 0.3) is 28.1 Å². The van der Waals surface area contributed by atoms with E-state index in [0.29, 0.717) is 35.4 Å². The van der Waals surface area contributed by atoms with Crippen molar-refractivity contribution < 1.29 is 17.9 Å². The van der Waals surface area contributed by atoms with Gasteiger partial charge in [-0.25, -0.2) is 18.4 Å². The van der Waals surface area contributed by atoms with Crippen LogP contribution in [0.1, 0.15) is 48.7 Å². The van der Waals surface area contributed by atoms with Crippen molar-refractivity contribution in [3.8, 4) is 17.3 Å². The Kier molecular flexibility index (Phi) is 6.73. The SMILES string of the molecule is COc1cc(C(=O)N2CCC[C@@H](N)[C@H]2C)cc2nc(-c3cc4ccc(N(C)S(C)(=O)=O)nc4n3CC3CC3)c(C)n12. The normalized spacial score (nSPS) is 19.7. The molecule has 2 aliphatic rings. The van der Waals surface area contributed by atoms with Crippen molar-refractivity contribution in [1.82, 2.24) is 23.8 Å². The standard InChI is InChI=1S/C29H37N7O4S/c1-17-22(30)7-6-12-34(17)29(37)21-14-25-31-27(18(2)36(25)26(15-21)40-4)23-13-20-10-11-24(33(3)41(5,38)39)32-28(20)35(23)16-19-8-9-19/h10-11,13-15,17,19,22H,6-9,12,16,30H2,1-5H3/t17-,22-/m1/s1. The number of carbonyl (C=O) groups excluding carboxylic acids is 1. The molecule has 6 rings (SSSR count). The largest absolute Gasteiger partial charge is 0.482 e. The van der Waals surface area contributed by atoms with E-state index in [4.69, 9.17) is 20.4 Å². The van der Waals surface area contributed by atoms with E-state index >= 15 is 0 Å². The molecule has 2 atom stereocenters. The van der Waals surface area contributed by atoms with E-state index in [1.165, 1.54) is 17.6 Å². The minimum Gasteiger partial charge on any atom is -0.482 e. The number of carbonyl (C=O) groups is 1. The molecule has 0 bridgehead atoms. The van der Waals surface area contributed by atoms with Crippen molar-refractivity contribution in [1.29, 1.82) is 0 Å². The average molecular weight is 580 g/mol. The van der Waals surface area contributed by atoms with Crippen LogP contribution in [0.15, 0.2) is 30.3 Å². The second-order valence-electron chi connectivity index (χ2n) is 11.5. The van der Waals surface area contributed by atoms with Gasteiger partial charge >= 0.3 is 0 Å². The van der Waals surface area contributed by atoms with Crippen LogP contribution < -0.4 is 14.8 Å². The lowest BCUT2D eigenvalue weighted by Gasteiger charge is -2.37. The Bertz CT molecular complexity index is 1770. The monoisotopic (exact) mass is 579 g/mol. The lowest BCUT2D eigenvalue weighted by atomic mass is 9.97. The highest BCUT2D eigenvalue weighted by Gasteiger charge is 2.31. The number of hydrogen-bond donors (Lipinski definition) is 1. The third kappa shape index (κ3) is 4.82. The van der Waals surface area contributed by atoms with Crippen LogP contribution in [-0.2, 0) is 16.6 Å². The highest BCUT2D eigenvalue weighted by molar-refractivity contribution is 7.92. The first-order chi connectivity index (χ1) is 19.5. The molecule has 4 aromatic rings. The number of nitrogens with two attached hydrogens (primary N) is 1. The number of anilines is 1. The number of aryl methyl sites for hydroxylation is 1. The Morgan fingerprint density at radius 3 is 2.61 bits per heavy atom. The number of ether oxygens (including phenoxy) is 1. The molecule has 1 amide bonds. The predicted octanol–water partition coefficient (Wildman–Crippen LogP) is 3.43. The molecular formula is C29H37N7O4S. The zero-order chi connectivity index (χ0) is 29.2. The number of amides is 1. The van der Waals surface area contributed by atoms with Crippen LogP contribution in [0.2, 0.25) is 0 Å². The van der Waals surface area contributed by atoms with Gasteiger partial charge in [-0.3, -0.25) is 13.5 Å². The van der Waals surface area contributed by atoms with Gasteiger partial charge in [0, 0.05) is 49.2 Å². The molecule has 2 fully saturated rings. The van der Waals surface area contributed by atoms with Gasteiger partial charge in [-0.2, -0.15) is 0 Å². The van der Waals surface area contributed by atoms with Gasteiger partial charge in [0.25, 0.3) is 5.91 Å². The van der Waals surface area contributed by atoms with E-state index in [2.05, 4.69) is 10.6 Å². The summed E-state index contributed by atoms with van der Waals surface area (Å²) < 4.78 is 35.4. The Hall–Kier alpha value is -3.64. The topological polar surface area (TPSA) is 128 Å². The number of likely N-dealkylation sites (tertiary alicyclic amines) is 1. The minimum atomic E-state index is -3.46. The smallest absolute Gasteiger partial charge is 0.254 e. The first kappa shape index (κ1) is 27.5. The van der Waals surface area contributed by atoms with E-state index in [-0.39, 0.29) is 18.0 Å². The van der Waals surface area contributed by atoms with Crippen LogP contribution in [0, 0.1) is 12.8 Å². The van der Waals surface area contributed by atoms with Gasteiger partial charge in [-0.15, -0.1) is 0 Å².